The third-order valence-corrected chi connectivity index (χ3v) is 3.95. The van der Waals surface area contributed by atoms with Crippen LogP contribution in [-0.2, 0) is 0 Å². The highest BCUT2D eigenvalue weighted by molar-refractivity contribution is 5.23. The fourth-order valence-corrected chi connectivity index (χ4v) is 2.80. The summed E-state index contributed by atoms with van der Waals surface area (Å²) in [4.78, 5) is 0. The van der Waals surface area contributed by atoms with Gasteiger partial charge < -0.3 is 5.32 Å². The number of likely N-dealkylation sites (N-methyl/N-ethyl adjacent to an activating group) is 1. The molecule has 3 nitrogen and oxygen atoms in total. The number of hydrogen-bond donors (Lipinski definition) is 1. The normalized spacial score (nSPS) is 25.2. The number of aromatic nitrogens is 2. The molecule has 0 aromatic carbocycles. The molecule has 1 aliphatic carbocycles. The van der Waals surface area contributed by atoms with Crippen molar-refractivity contribution >= 4 is 0 Å². The van der Waals surface area contributed by atoms with Gasteiger partial charge in [-0.1, -0.05) is 6.92 Å². The van der Waals surface area contributed by atoms with Gasteiger partial charge in [-0.3, -0.25) is 4.68 Å². The van der Waals surface area contributed by atoms with Crippen LogP contribution >= 0.6 is 0 Å². The molecule has 90 valence electrons. The highest BCUT2D eigenvalue weighted by Gasteiger charge is 2.29. The first-order chi connectivity index (χ1) is 7.65. The van der Waals surface area contributed by atoms with Crippen LogP contribution in [0.4, 0.5) is 0 Å². The molecular weight excluding hydrogens is 198 g/mol. The van der Waals surface area contributed by atoms with Crippen LogP contribution in [0.5, 0.6) is 0 Å². The van der Waals surface area contributed by atoms with E-state index in [2.05, 4.69) is 37.7 Å². The zero-order valence-electron chi connectivity index (χ0n) is 10.9. The second-order valence-corrected chi connectivity index (χ2v) is 4.90. The zero-order chi connectivity index (χ0) is 11.7. The van der Waals surface area contributed by atoms with Crippen molar-refractivity contribution in [2.75, 3.05) is 6.54 Å². The Hall–Kier alpha value is -0.830. The van der Waals surface area contributed by atoms with Gasteiger partial charge in [0.1, 0.15) is 0 Å². The monoisotopic (exact) mass is 221 g/mol. The number of rotatable bonds is 3. The molecule has 1 aromatic rings. The topological polar surface area (TPSA) is 29.9 Å². The van der Waals surface area contributed by atoms with E-state index in [-0.39, 0.29) is 0 Å². The summed E-state index contributed by atoms with van der Waals surface area (Å²) in [5.41, 5.74) is 3.87. The second-order valence-electron chi connectivity index (χ2n) is 4.90. The molecule has 1 aromatic heterocycles. The second kappa shape index (κ2) is 4.58. The van der Waals surface area contributed by atoms with Crippen LogP contribution in [0.1, 0.15) is 49.2 Å². The first-order valence-electron chi connectivity index (χ1n) is 6.40. The summed E-state index contributed by atoms with van der Waals surface area (Å²) in [7, 11) is 0. The van der Waals surface area contributed by atoms with E-state index in [0.29, 0.717) is 12.1 Å². The molecule has 0 bridgehead atoms. The average molecular weight is 221 g/mol. The van der Waals surface area contributed by atoms with Gasteiger partial charge in [0.25, 0.3) is 0 Å². The van der Waals surface area contributed by atoms with E-state index in [1.54, 1.807) is 0 Å². The fourth-order valence-electron chi connectivity index (χ4n) is 2.80. The van der Waals surface area contributed by atoms with Crippen LogP contribution in [0.15, 0.2) is 0 Å². The molecule has 0 radical (unpaired) electrons. The third-order valence-electron chi connectivity index (χ3n) is 3.95. The van der Waals surface area contributed by atoms with Crippen molar-refractivity contribution in [1.29, 1.82) is 0 Å². The van der Waals surface area contributed by atoms with Gasteiger partial charge in [0.15, 0.2) is 0 Å². The Bertz CT molecular complexity index is 367. The first-order valence-corrected chi connectivity index (χ1v) is 6.40. The van der Waals surface area contributed by atoms with Gasteiger partial charge in [0, 0.05) is 11.7 Å². The quantitative estimate of drug-likeness (QED) is 0.850. The summed E-state index contributed by atoms with van der Waals surface area (Å²) in [6.07, 6.45) is 3.87. The summed E-state index contributed by atoms with van der Waals surface area (Å²) in [6.45, 7) is 9.71. The molecule has 16 heavy (non-hydrogen) atoms. The van der Waals surface area contributed by atoms with E-state index in [1.807, 2.05) is 0 Å². The number of hydrogen-bond acceptors (Lipinski definition) is 2. The Morgan fingerprint density at radius 2 is 2.06 bits per heavy atom. The lowest BCUT2D eigenvalue weighted by molar-refractivity contribution is 0.364. The Balaban J connectivity index is 2.25. The van der Waals surface area contributed by atoms with Gasteiger partial charge in [-0.15, -0.1) is 0 Å². The van der Waals surface area contributed by atoms with Gasteiger partial charge in [-0.05, 0) is 52.1 Å². The minimum atomic E-state index is 0.562. The molecule has 1 fully saturated rings. The first kappa shape index (κ1) is 11.6. The van der Waals surface area contributed by atoms with Crippen molar-refractivity contribution in [3.8, 4) is 0 Å². The van der Waals surface area contributed by atoms with Crippen molar-refractivity contribution in [2.45, 2.75) is 59.0 Å². The lowest BCUT2D eigenvalue weighted by Crippen LogP contribution is -2.34. The highest BCUT2D eigenvalue weighted by Crippen LogP contribution is 2.31. The van der Waals surface area contributed by atoms with E-state index in [9.17, 15) is 0 Å². The molecular formula is C13H23N3. The Morgan fingerprint density at radius 3 is 2.62 bits per heavy atom. The van der Waals surface area contributed by atoms with Gasteiger partial charge in [-0.2, -0.15) is 5.10 Å². The van der Waals surface area contributed by atoms with Gasteiger partial charge in [0.05, 0.1) is 11.7 Å². The average Bonchev–Trinajstić information content (AvgIpc) is 2.80. The van der Waals surface area contributed by atoms with Crippen LogP contribution in [0.2, 0.25) is 0 Å². The maximum atomic E-state index is 4.70. The molecule has 2 atom stereocenters. The zero-order valence-corrected chi connectivity index (χ0v) is 10.9. The highest BCUT2D eigenvalue weighted by atomic mass is 15.3. The van der Waals surface area contributed by atoms with Crippen molar-refractivity contribution in [3.63, 3.8) is 0 Å². The lowest BCUT2D eigenvalue weighted by atomic mass is 10.1. The molecule has 2 rings (SSSR count). The van der Waals surface area contributed by atoms with Crippen LogP contribution < -0.4 is 5.32 Å². The van der Waals surface area contributed by atoms with Crippen molar-refractivity contribution in [3.05, 3.63) is 17.0 Å². The molecule has 0 saturated heterocycles. The predicted molar refractivity (Wildman–Crippen MR) is 66.8 cm³/mol. The maximum absolute atomic E-state index is 4.70. The molecule has 3 heteroatoms. The van der Waals surface area contributed by atoms with Gasteiger partial charge >= 0.3 is 0 Å². The maximum Gasteiger partial charge on any atom is 0.0675 e. The van der Waals surface area contributed by atoms with Gasteiger partial charge in [0.2, 0.25) is 0 Å². The smallest absolute Gasteiger partial charge is 0.0675 e. The van der Waals surface area contributed by atoms with Crippen molar-refractivity contribution < 1.29 is 0 Å². The molecule has 1 N–H and O–H groups in total. The van der Waals surface area contributed by atoms with E-state index in [1.165, 1.54) is 36.2 Å². The van der Waals surface area contributed by atoms with E-state index in [0.717, 1.165) is 6.54 Å². The largest absolute Gasteiger partial charge is 0.312 e. The van der Waals surface area contributed by atoms with Crippen LogP contribution in [-0.4, -0.2) is 22.4 Å². The summed E-state index contributed by atoms with van der Waals surface area (Å²) in [5.74, 6) is 0. The number of aryl methyl sites for hydroxylation is 1. The molecule has 1 saturated carbocycles. The SMILES string of the molecule is CCNC1CCCC1n1nc(C)c(C)c1C. The predicted octanol–water partition coefficient (Wildman–Crippen LogP) is 2.51. The van der Waals surface area contributed by atoms with E-state index >= 15 is 0 Å². The fraction of sp³-hybridized carbons (Fsp3) is 0.769. The van der Waals surface area contributed by atoms with Crippen molar-refractivity contribution in [2.24, 2.45) is 0 Å². The molecule has 1 aliphatic rings. The van der Waals surface area contributed by atoms with Crippen LogP contribution in [0, 0.1) is 20.8 Å². The van der Waals surface area contributed by atoms with Gasteiger partial charge in [-0.25, -0.2) is 0 Å². The molecule has 0 amide bonds. The minimum absolute atomic E-state index is 0.562. The Morgan fingerprint density at radius 1 is 1.31 bits per heavy atom. The minimum Gasteiger partial charge on any atom is -0.312 e. The van der Waals surface area contributed by atoms with Crippen LogP contribution in [0.3, 0.4) is 0 Å². The molecule has 0 aliphatic heterocycles. The lowest BCUT2D eigenvalue weighted by Gasteiger charge is -2.22. The Labute approximate surface area is 98.2 Å². The molecule has 2 unspecified atom stereocenters. The number of nitrogens with zero attached hydrogens (tertiary/aromatic N) is 2. The number of nitrogens with one attached hydrogen (secondary N) is 1. The summed E-state index contributed by atoms with van der Waals surface area (Å²) in [5, 5.41) is 8.29. The van der Waals surface area contributed by atoms with E-state index in [4.69, 9.17) is 5.10 Å². The molecule has 0 spiro atoms. The summed E-state index contributed by atoms with van der Waals surface area (Å²) < 4.78 is 2.25. The Kier molecular flexibility index (Phi) is 3.33. The standard InChI is InChI=1S/C13H23N3/c1-5-14-12-7-6-8-13(12)16-11(4)9(2)10(3)15-16/h12-14H,5-8H2,1-4H3. The molecule has 1 heterocycles. The van der Waals surface area contributed by atoms with Crippen LogP contribution in [0.25, 0.3) is 0 Å². The third kappa shape index (κ3) is 1.88. The van der Waals surface area contributed by atoms with Crippen molar-refractivity contribution in [1.82, 2.24) is 15.1 Å². The summed E-state index contributed by atoms with van der Waals surface area (Å²) in [6, 6.07) is 1.18. The van der Waals surface area contributed by atoms with E-state index < -0.39 is 0 Å². The summed E-state index contributed by atoms with van der Waals surface area (Å²) >= 11 is 0.